The van der Waals surface area contributed by atoms with Crippen LogP contribution >= 0.6 is 11.6 Å². The molecule has 0 aromatic carbocycles. The van der Waals surface area contributed by atoms with Gasteiger partial charge >= 0.3 is 0 Å². The summed E-state index contributed by atoms with van der Waals surface area (Å²) in [6.07, 6.45) is 3.85. The second-order valence-corrected chi connectivity index (χ2v) is 6.20. The Kier molecular flexibility index (Phi) is 5.17. The number of fused-ring (bicyclic) bond motifs is 1. The average molecular weight is 309 g/mol. The maximum atomic E-state index is 11.9. The number of carbonyl (C=O) groups is 1. The van der Waals surface area contributed by atoms with E-state index in [1.807, 2.05) is 17.6 Å². The number of halogens is 1. The number of aryl methyl sites for hydroxylation is 1. The van der Waals surface area contributed by atoms with Gasteiger partial charge in [0.2, 0.25) is 5.91 Å². The first-order valence-corrected chi connectivity index (χ1v) is 7.63. The molecular weight excluding hydrogens is 288 g/mol. The van der Waals surface area contributed by atoms with Crippen LogP contribution in [-0.2, 0) is 11.3 Å². The minimum Gasteiger partial charge on any atom is -0.356 e. The largest absolute Gasteiger partial charge is 0.356 e. The lowest BCUT2D eigenvalue weighted by Crippen LogP contribution is -2.28. The molecule has 0 saturated heterocycles. The molecule has 1 unspecified atom stereocenters. The van der Waals surface area contributed by atoms with Crippen LogP contribution < -0.4 is 5.32 Å². The van der Waals surface area contributed by atoms with E-state index in [1.165, 1.54) is 0 Å². The van der Waals surface area contributed by atoms with Crippen LogP contribution in [0.3, 0.4) is 0 Å². The Morgan fingerprint density at radius 3 is 2.86 bits per heavy atom. The van der Waals surface area contributed by atoms with Crippen LogP contribution in [-0.4, -0.2) is 27.0 Å². The summed E-state index contributed by atoms with van der Waals surface area (Å²) in [7, 11) is 0. The minimum atomic E-state index is -0.212. The molecule has 0 aliphatic heterocycles. The topological polar surface area (TPSA) is 59.8 Å². The number of alkyl halides is 1. The smallest absolute Gasteiger partial charge is 0.221 e. The fourth-order valence-electron chi connectivity index (χ4n) is 2.16. The van der Waals surface area contributed by atoms with E-state index in [-0.39, 0.29) is 11.3 Å². The molecule has 0 spiro atoms. The van der Waals surface area contributed by atoms with Crippen molar-refractivity contribution in [1.82, 2.24) is 19.9 Å². The van der Waals surface area contributed by atoms with Crippen LogP contribution in [0.1, 0.15) is 38.4 Å². The zero-order chi connectivity index (χ0) is 15.4. The number of imidazole rings is 1. The summed E-state index contributed by atoms with van der Waals surface area (Å²) in [6, 6.07) is 1.90. The Balaban J connectivity index is 2.13. The predicted molar refractivity (Wildman–Crippen MR) is 84.3 cm³/mol. The van der Waals surface area contributed by atoms with Gasteiger partial charge in [0, 0.05) is 25.7 Å². The van der Waals surface area contributed by atoms with Crippen LogP contribution in [0, 0.1) is 5.92 Å². The number of carbonyl (C=O) groups excluding carboxylic acids is 1. The van der Waals surface area contributed by atoms with Crippen molar-refractivity contribution in [1.29, 1.82) is 0 Å². The molecule has 114 valence electrons. The first-order chi connectivity index (χ1) is 9.99. The van der Waals surface area contributed by atoms with Crippen molar-refractivity contribution in [2.24, 2.45) is 5.92 Å². The summed E-state index contributed by atoms with van der Waals surface area (Å²) in [5, 5.41) is 2.71. The third-order valence-electron chi connectivity index (χ3n) is 3.21. The number of pyridine rings is 1. The summed E-state index contributed by atoms with van der Waals surface area (Å²) in [5.41, 5.74) is 1.77. The third-order valence-corrected chi connectivity index (χ3v) is 3.40. The highest BCUT2D eigenvalue weighted by Gasteiger charge is 2.15. The maximum absolute atomic E-state index is 11.9. The van der Waals surface area contributed by atoms with Crippen LogP contribution in [0.2, 0.25) is 0 Å². The van der Waals surface area contributed by atoms with Crippen LogP contribution in [0.15, 0.2) is 18.5 Å². The summed E-state index contributed by atoms with van der Waals surface area (Å²) < 4.78 is 2.00. The molecule has 21 heavy (non-hydrogen) atoms. The average Bonchev–Trinajstić information content (AvgIpc) is 2.82. The molecule has 5 nitrogen and oxygen atoms in total. The molecule has 0 fully saturated rings. The molecule has 2 aromatic heterocycles. The van der Waals surface area contributed by atoms with Crippen molar-refractivity contribution >= 4 is 28.5 Å². The quantitative estimate of drug-likeness (QED) is 0.835. The van der Waals surface area contributed by atoms with E-state index >= 15 is 0 Å². The lowest BCUT2D eigenvalue weighted by molar-refractivity contribution is -0.121. The molecule has 2 aromatic rings. The van der Waals surface area contributed by atoms with Crippen LogP contribution in [0.25, 0.3) is 11.0 Å². The standard InChI is InChI=1S/C15H21ClN4O/c1-10(2)8-18-14(21)5-7-20-13-4-6-17-9-12(13)19-15(20)11(3)16/h4,6,9-11H,5,7-8H2,1-3H3,(H,18,21). The van der Waals surface area contributed by atoms with Gasteiger partial charge in [-0.15, -0.1) is 11.6 Å². The zero-order valence-electron chi connectivity index (χ0n) is 12.6. The molecule has 2 rings (SSSR count). The van der Waals surface area contributed by atoms with Crippen LogP contribution in [0.5, 0.6) is 0 Å². The van der Waals surface area contributed by atoms with Gasteiger partial charge in [0.15, 0.2) is 0 Å². The second kappa shape index (κ2) is 6.89. The number of hydrogen-bond donors (Lipinski definition) is 1. The highest BCUT2D eigenvalue weighted by Crippen LogP contribution is 2.24. The molecule has 1 atom stereocenters. The number of rotatable bonds is 6. The molecular formula is C15H21ClN4O. The molecule has 6 heteroatoms. The number of amides is 1. The minimum absolute atomic E-state index is 0.0489. The van der Waals surface area contributed by atoms with Crippen molar-refractivity contribution in [3.8, 4) is 0 Å². The molecule has 0 aliphatic rings. The van der Waals surface area contributed by atoms with Crippen molar-refractivity contribution in [3.63, 3.8) is 0 Å². The molecule has 2 heterocycles. The van der Waals surface area contributed by atoms with E-state index in [4.69, 9.17) is 11.6 Å². The van der Waals surface area contributed by atoms with Gasteiger partial charge in [0.05, 0.1) is 17.1 Å². The maximum Gasteiger partial charge on any atom is 0.221 e. The lowest BCUT2D eigenvalue weighted by Gasteiger charge is -2.11. The highest BCUT2D eigenvalue weighted by molar-refractivity contribution is 6.20. The first-order valence-electron chi connectivity index (χ1n) is 7.20. The van der Waals surface area contributed by atoms with Gasteiger partial charge in [-0.3, -0.25) is 9.78 Å². The molecule has 0 radical (unpaired) electrons. The van der Waals surface area contributed by atoms with E-state index in [0.717, 1.165) is 16.9 Å². The Morgan fingerprint density at radius 2 is 2.19 bits per heavy atom. The van der Waals surface area contributed by atoms with Crippen LogP contribution in [0.4, 0.5) is 0 Å². The van der Waals surface area contributed by atoms with Crippen molar-refractivity contribution in [3.05, 3.63) is 24.3 Å². The van der Waals surface area contributed by atoms with Gasteiger partial charge < -0.3 is 9.88 Å². The van der Waals surface area contributed by atoms with E-state index < -0.39 is 0 Å². The van der Waals surface area contributed by atoms with Gasteiger partial charge in [-0.2, -0.15) is 0 Å². The molecule has 0 saturated carbocycles. The van der Waals surface area contributed by atoms with Crippen molar-refractivity contribution in [2.75, 3.05) is 6.54 Å². The SMILES string of the molecule is CC(C)CNC(=O)CCn1c(C(C)Cl)nc2cnccc21. The Labute approximate surface area is 129 Å². The van der Waals surface area contributed by atoms with Gasteiger partial charge in [-0.25, -0.2) is 4.98 Å². The molecule has 0 aliphatic carbocycles. The predicted octanol–water partition coefficient (Wildman–Crippen LogP) is 2.89. The normalized spacial score (nSPS) is 12.8. The number of aromatic nitrogens is 3. The molecule has 0 bridgehead atoms. The summed E-state index contributed by atoms with van der Waals surface area (Å²) in [4.78, 5) is 20.4. The number of nitrogens with zero attached hydrogens (tertiary/aromatic N) is 3. The lowest BCUT2D eigenvalue weighted by atomic mass is 10.2. The van der Waals surface area contributed by atoms with E-state index in [2.05, 4.69) is 29.1 Å². The Bertz CT molecular complexity index is 621. The fourth-order valence-corrected chi connectivity index (χ4v) is 2.33. The third kappa shape index (κ3) is 3.94. The second-order valence-electron chi connectivity index (χ2n) is 5.55. The van der Waals surface area contributed by atoms with Gasteiger partial charge in [0.25, 0.3) is 0 Å². The summed E-state index contributed by atoms with van der Waals surface area (Å²) in [5.74, 6) is 1.27. The zero-order valence-corrected chi connectivity index (χ0v) is 13.4. The van der Waals surface area contributed by atoms with Gasteiger partial charge in [-0.05, 0) is 18.9 Å². The summed E-state index contributed by atoms with van der Waals surface area (Å²) in [6.45, 7) is 7.29. The van der Waals surface area contributed by atoms with E-state index in [1.54, 1.807) is 12.4 Å². The Hall–Kier alpha value is -1.62. The fraction of sp³-hybridized carbons (Fsp3) is 0.533. The van der Waals surface area contributed by atoms with Crippen molar-refractivity contribution < 1.29 is 4.79 Å². The van der Waals surface area contributed by atoms with Crippen molar-refractivity contribution in [2.45, 2.75) is 39.1 Å². The van der Waals surface area contributed by atoms with E-state index in [0.29, 0.717) is 25.4 Å². The molecule has 1 N–H and O–H groups in total. The summed E-state index contributed by atoms with van der Waals surface area (Å²) >= 11 is 6.19. The monoisotopic (exact) mass is 308 g/mol. The van der Waals surface area contributed by atoms with Gasteiger partial charge in [0.1, 0.15) is 11.3 Å². The van der Waals surface area contributed by atoms with Gasteiger partial charge in [-0.1, -0.05) is 13.8 Å². The number of hydrogen-bond acceptors (Lipinski definition) is 3. The first kappa shape index (κ1) is 15.8. The Morgan fingerprint density at radius 1 is 1.43 bits per heavy atom. The van der Waals surface area contributed by atoms with E-state index in [9.17, 15) is 4.79 Å². The number of nitrogens with one attached hydrogen (secondary N) is 1. The highest BCUT2D eigenvalue weighted by atomic mass is 35.5. The molecule has 1 amide bonds.